The van der Waals surface area contributed by atoms with E-state index < -0.39 is 20.2 Å². The summed E-state index contributed by atoms with van der Waals surface area (Å²) >= 11 is 0. The Kier molecular flexibility index (Phi) is 5.14. The van der Waals surface area contributed by atoms with Crippen LogP contribution in [0.1, 0.15) is 22.3 Å². The molecule has 0 fully saturated rings. The van der Waals surface area contributed by atoms with Gasteiger partial charge in [0.25, 0.3) is 20.2 Å². The predicted molar refractivity (Wildman–Crippen MR) is 89.4 cm³/mol. The van der Waals surface area contributed by atoms with Crippen LogP contribution in [0.3, 0.4) is 0 Å². The van der Waals surface area contributed by atoms with Crippen LogP contribution in [0.4, 0.5) is 0 Å². The van der Waals surface area contributed by atoms with Crippen molar-refractivity contribution < 1.29 is 25.9 Å². The highest BCUT2D eigenvalue weighted by molar-refractivity contribution is 7.86. The van der Waals surface area contributed by atoms with Crippen LogP contribution < -0.4 is 0 Å². The van der Waals surface area contributed by atoms with Crippen molar-refractivity contribution >= 4 is 20.2 Å². The van der Waals surface area contributed by atoms with E-state index in [0.29, 0.717) is 35.1 Å². The van der Waals surface area contributed by atoms with Crippen LogP contribution in [-0.4, -0.2) is 25.9 Å². The van der Waals surface area contributed by atoms with Gasteiger partial charge in [0.1, 0.15) is 0 Å². The SMILES string of the molecule is Cc1cc(CCc2ccc(C)c(S(=O)(=O)O)c2)cc(S(=O)(=O)O)c1. The Morgan fingerprint density at radius 2 is 1.42 bits per heavy atom. The summed E-state index contributed by atoms with van der Waals surface area (Å²) in [7, 11) is -8.56. The Morgan fingerprint density at radius 3 is 2.00 bits per heavy atom. The maximum atomic E-state index is 11.3. The summed E-state index contributed by atoms with van der Waals surface area (Å²) in [6, 6.07) is 9.33. The minimum Gasteiger partial charge on any atom is -0.282 e. The molecule has 0 aliphatic carbocycles. The molecule has 0 heterocycles. The van der Waals surface area contributed by atoms with E-state index in [-0.39, 0.29) is 9.79 Å². The minimum atomic E-state index is -4.28. The molecule has 24 heavy (non-hydrogen) atoms. The third-order valence-corrected chi connectivity index (χ3v) is 5.47. The lowest BCUT2D eigenvalue weighted by Crippen LogP contribution is -2.03. The van der Waals surface area contributed by atoms with Crippen molar-refractivity contribution in [1.29, 1.82) is 0 Å². The number of hydrogen-bond donors (Lipinski definition) is 2. The average Bonchev–Trinajstić information content (AvgIpc) is 2.43. The summed E-state index contributed by atoms with van der Waals surface area (Å²) in [5.74, 6) is 0. The van der Waals surface area contributed by atoms with Crippen LogP contribution in [-0.2, 0) is 33.1 Å². The van der Waals surface area contributed by atoms with Gasteiger partial charge in [-0.05, 0) is 67.1 Å². The molecular weight excluding hydrogens is 352 g/mol. The number of benzene rings is 2. The first-order valence-electron chi connectivity index (χ1n) is 7.12. The van der Waals surface area contributed by atoms with Gasteiger partial charge in [-0.3, -0.25) is 9.11 Å². The third kappa shape index (κ3) is 4.64. The zero-order valence-corrected chi connectivity index (χ0v) is 14.9. The normalized spacial score (nSPS) is 12.3. The first kappa shape index (κ1) is 18.6. The van der Waals surface area contributed by atoms with E-state index in [1.807, 2.05) is 0 Å². The standard InChI is InChI=1S/C16H18O6S2/c1-11-7-14(9-15(8-11)23(17,18)19)6-5-13-4-3-12(2)16(10-13)24(20,21)22/h3-4,7-10H,5-6H2,1-2H3,(H,17,18,19)(H,20,21,22). The van der Waals surface area contributed by atoms with Gasteiger partial charge in [-0.25, -0.2) is 0 Å². The predicted octanol–water partition coefficient (Wildman–Crippen LogP) is 2.58. The van der Waals surface area contributed by atoms with Crippen LogP contribution in [0, 0.1) is 13.8 Å². The highest BCUT2D eigenvalue weighted by Crippen LogP contribution is 2.20. The van der Waals surface area contributed by atoms with Gasteiger partial charge in [0.05, 0.1) is 9.79 Å². The second-order valence-electron chi connectivity index (χ2n) is 5.70. The minimum absolute atomic E-state index is 0.136. The second-order valence-corrected chi connectivity index (χ2v) is 8.52. The second kappa shape index (κ2) is 6.64. The van der Waals surface area contributed by atoms with Crippen molar-refractivity contribution in [1.82, 2.24) is 0 Å². The zero-order chi connectivity index (χ0) is 18.1. The summed E-state index contributed by atoms with van der Waals surface area (Å²) in [6.07, 6.45) is 0.912. The lowest BCUT2D eigenvalue weighted by molar-refractivity contribution is 0.480. The first-order valence-corrected chi connectivity index (χ1v) is 10.00. The van der Waals surface area contributed by atoms with Crippen molar-refractivity contribution in [2.75, 3.05) is 0 Å². The van der Waals surface area contributed by atoms with E-state index in [1.165, 1.54) is 18.2 Å². The van der Waals surface area contributed by atoms with E-state index in [4.69, 9.17) is 4.55 Å². The molecule has 130 valence electrons. The molecule has 0 amide bonds. The molecule has 0 unspecified atom stereocenters. The van der Waals surface area contributed by atoms with Crippen molar-refractivity contribution in [3.05, 3.63) is 58.7 Å². The van der Waals surface area contributed by atoms with E-state index in [2.05, 4.69) is 0 Å². The Balaban J connectivity index is 2.28. The van der Waals surface area contributed by atoms with Gasteiger partial charge in [-0.1, -0.05) is 18.2 Å². The molecule has 0 radical (unpaired) electrons. The molecule has 0 saturated carbocycles. The molecule has 0 saturated heterocycles. The molecule has 6 nitrogen and oxygen atoms in total. The lowest BCUT2D eigenvalue weighted by Gasteiger charge is -2.08. The fourth-order valence-electron chi connectivity index (χ4n) is 2.48. The van der Waals surface area contributed by atoms with E-state index >= 15 is 0 Å². The monoisotopic (exact) mass is 370 g/mol. The summed E-state index contributed by atoms with van der Waals surface area (Å²) in [6.45, 7) is 3.31. The van der Waals surface area contributed by atoms with Gasteiger partial charge in [-0.15, -0.1) is 0 Å². The molecule has 2 aromatic rings. The molecule has 0 bridgehead atoms. The molecular formula is C16H18O6S2. The molecule has 0 aromatic heterocycles. The largest absolute Gasteiger partial charge is 0.294 e. The molecule has 2 aromatic carbocycles. The van der Waals surface area contributed by atoms with Crippen molar-refractivity contribution in [2.24, 2.45) is 0 Å². The van der Waals surface area contributed by atoms with Crippen molar-refractivity contribution in [2.45, 2.75) is 36.5 Å². The smallest absolute Gasteiger partial charge is 0.282 e. The Labute approximate surface area is 141 Å². The summed E-state index contributed by atoms with van der Waals surface area (Å²) < 4.78 is 63.6. The molecule has 2 N–H and O–H groups in total. The van der Waals surface area contributed by atoms with Crippen LogP contribution in [0.2, 0.25) is 0 Å². The Bertz CT molecular complexity index is 976. The number of hydrogen-bond acceptors (Lipinski definition) is 4. The van der Waals surface area contributed by atoms with E-state index in [9.17, 15) is 21.4 Å². The Hall–Kier alpha value is -1.74. The number of aryl methyl sites for hydroxylation is 4. The summed E-state index contributed by atoms with van der Waals surface area (Å²) in [5, 5.41) is 0. The average molecular weight is 370 g/mol. The van der Waals surface area contributed by atoms with Gasteiger partial charge in [0.2, 0.25) is 0 Å². The Morgan fingerprint density at radius 1 is 0.792 bits per heavy atom. The van der Waals surface area contributed by atoms with Crippen LogP contribution in [0.15, 0.2) is 46.2 Å². The van der Waals surface area contributed by atoms with Gasteiger partial charge >= 0.3 is 0 Å². The lowest BCUT2D eigenvalue weighted by atomic mass is 10.0. The summed E-state index contributed by atoms with van der Waals surface area (Å²) in [5.41, 5.74) is 2.55. The molecule has 2 rings (SSSR count). The maximum absolute atomic E-state index is 11.3. The summed E-state index contributed by atoms with van der Waals surface area (Å²) in [4.78, 5) is -0.303. The van der Waals surface area contributed by atoms with E-state index in [1.54, 1.807) is 32.0 Å². The molecule has 0 aliphatic rings. The zero-order valence-electron chi connectivity index (χ0n) is 13.2. The third-order valence-electron chi connectivity index (χ3n) is 3.64. The molecule has 0 spiro atoms. The number of rotatable bonds is 5. The van der Waals surface area contributed by atoms with Crippen molar-refractivity contribution in [3.63, 3.8) is 0 Å². The molecule has 8 heteroatoms. The maximum Gasteiger partial charge on any atom is 0.294 e. The van der Waals surface area contributed by atoms with Gasteiger partial charge in [-0.2, -0.15) is 16.8 Å². The van der Waals surface area contributed by atoms with Crippen LogP contribution in [0.5, 0.6) is 0 Å². The fraction of sp³-hybridized carbons (Fsp3) is 0.250. The topological polar surface area (TPSA) is 109 Å². The highest BCUT2D eigenvalue weighted by atomic mass is 32.2. The quantitative estimate of drug-likeness (QED) is 0.783. The highest BCUT2D eigenvalue weighted by Gasteiger charge is 2.14. The molecule has 0 aliphatic heterocycles. The van der Waals surface area contributed by atoms with Gasteiger partial charge < -0.3 is 0 Å². The molecule has 0 atom stereocenters. The van der Waals surface area contributed by atoms with Gasteiger partial charge in [0, 0.05) is 0 Å². The fourth-order valence-corrected chi connectivity index (χ4v) is 3.89. The first-order chi connectivity index (χ1) is 11.0. The van der Waals surface area contributed by atoms with Crippen LogP contribution >= 0.6 is 0 Å². The van der Waals surface area contributed by atoms with E-state index in [0.717, 1.165) is 0 Å². The van der Waals surface area contributed by atoms with Crippen molar-refractivity contribution in [3.8, 4) is 0 Å². The van der Waals surface area contributed by atoms with Crippen LogP contribution in [0.25, 0.3) is 0 Å². The van der Waals surface area contributed by atoms with Gasteiger partial charge in [0.15, 0.2) is 0 Å².